The molecular weight excluding hydrogens is 402 g/mol. The molecule has 1 atom stereocenters. The summed E-state index contributed by atoms with van der Waals surface area (Å²) >= 11 is 0. The lowest BCUT2D eigenvalue weighted by Gasteiger charge is -2.25. The highest BCUT2D eigenvalue weighted by Gasteiger charge is 2.28. The Balaban J connectivity index is 1.74. The number of sulfonamides is 1. The molecule has 1 amide bonds. The predicted octanol–water partition coefficient (Wildman–Crippen LogP) is 2.48. The molecular formula is C22H29N3O4S. The van der Waals surface area contributed by atoms with E-state index in [1.54, 1.807) is 20.1 Å². The third-order valence-electron chi connectivity index (χ3n) is 5.24. The molecule has 1 aliphatic rings. The summed E-state index contributed by atoms with van der Waals surface area (Å²) < 4.78 is 32.9. The van der Waals surface area contributed by atoms with Crippen molar-refractivity contribution in [1.82, 2.24) is 14.9 Å². The first kappa shape index (κ1) is 22.3. The number of benzene rings is 2. The van der Waals surface area contributed by atoms with Crippen molar-refractivity contribution in [1.29, 1.82) is 0 Å². The van der Waals surface area contributed by atoms with Gasteiger partial charge in [0.15, 0.2) is 0 Å². The molecule has 1 saturated carbocycles. The molecule has 2 N–H and O–H groups in total. The number of rotatable bonds is 9. The zero-order chi connectivity index (χ0) is 21.9. The van der Waals surface area contributed by atoms with Gasteiger partial charge in [-0.15, -0.1) is 0 Å². The van der Waals surface area contributed by atoms with Crippen LogP contribution in [0, 0.1) is 6.92 Å². The smallest absolute Gasteiger partial charge is 0.251 e. The SMILES string of the molecule is COc1ccc(C(CNC(=O)c2cc(S(=O)(=O)NC3CC3)ccc2C)N(C)C)cc1. The fraction of sp³-hybridized carbons (Fsp3) is 0.409. The molecule has 7 nitrogen and oxygen atoms in total. The molecule has 0 aromatic heterocycles. The largest absolute Gasteiger partial charge is 0.497 e. The van der Waals surface area contributed by atoms with Gasteiger partial charge in [-0.25, -0.2) is 13.1 Å². The van der Waals surface area contributed by atoms with Gasteiger partial charge in [-0.05, 0) is 69.3 Å². The van der Waals surface area contributed by atoms with E-state index in [-0.39, 0.29) is 22.9 Å². The van der Waals surface area contributed by atoms with Crippen molar-refractivity contribution in [2.24, 2.45) is 0 Å². The van der Waals surface area contributed by atoms with Crippen molar-refractivity contribution in [3.8, 4) is 5.75 Å². The summed E-state index contributed by atoms with van der Waals surface area (Å²) in [5, 5.41) is 2.95. The highest BCUT2D eigenvalue weighted by molar-refractivity contribution is 7.89. The van der Waals surface area contributed by atoms with Crippen molar-refractivity contribution in [3.05, 3.63) is 59.2 Å². The number of nitrogens with one attached hydrogen (secondary N) is 2. The molecule has 1 unspecified atom stereocenters. The van der Waals surface area contributed by atoms with Gasteiger partial charge in [0.25, 0.3) is 5.91 Å². The number of hydrogen-bond acceptors (Lipinski definition) is 5. The topological polar surface area (TPSA) is 87.7 Å². The fourth-order valence-corrected chi connectivity index (χ4v) is 4.54. The van der Waals surface area contributed by atoms with Gasteiger partial charge < -0.3 is 15.0 Å². The highest BCUT2D eigenvalue weighted by Crippen LogP contribution is 2.24. The molecule has 0 aliphatic heterocycles. The third kappa shape index (κ3) is 5.38. The summed E-state index contributed by atoms with van der Waals surface area (Å²) in [6.07, 6.45) is 1.71. The number of aryl methyl sites for hydroxylation is 1. The van der Waals surface area contributed by atoms with Gasteiger partial charge in [0.05, 0.1) is 18.0 Å². The zero-order valence-electron chi connectivity index (χ0n) is 17.8. The number of carbonyl (C=O) groups excluding carboxylic acids is 1. The van der Waals surface area contributed by atoms with Crippen molar-refractivity contribution in [2.75, 3.05) is 27.7 Å². The average molecular weight is 432 g/mol. The van der Waals surface area contributed by atoms with Crippen LogP contribution in [0.4, 0.5) is 0 Å². The summed E-state index contributed by atoms with van der Waals surface area (Å²) in [4.78, 5) is 15.0. The molecule has 0 heterocycles. The second kappa shape index (κ2) is 9.16. The lowest BCUT2D eigenvalue weighted by atomic mass is 10.0. The van der Waals surface area contributed by atoms with Crippen LogP contribution >= 0.6 is 0 Å². The molecule has 0 radical (unpaired) electrons. The molecule has 8 heteroatoms. The Labute approximate surface area is 178 Å². The normalized spacial score (nSPS) is 15.1. The van der Waals surface area contributed by atoms with Gasteiger partial charge in [0, 0.05) is 18.2 Å². The predicted molar refractivity (Wildman–Crippen MR) is 116 cm³/mol. The number of carbonyl (C=O) groups is 1. The van der Waals surface area contributed by atoms with Gasteiger partial charge in [0.2, 0.25) is 10.0 Å². The lowest BCUT2D eigenvalue weighted by Crippen LogP contribution is -2.35. The van der Waals surface area contributed by atoms with Gasteiger partial charge in [-0.3, -0.25) is 4.79 Å². The minimum atomic E-state index is -3.61. The Morgan fingerprint density at radius 1 is 1.17 bits per heavy atom. The molecule has 3 rings (SSSR count). The number of nitrogens with zero attached hydrogens (tertiary/aromatic N) is 1. The van der Waals surface area contributed by atoms with Crippen LogP contribution in [0.25, 0.3) is 0 Å². The van der Waals surface area contributed by atoms with E-state index in [2.05, 4.69) is 10.0 Å². The van der Waals surface area contributed by atoms with Crippen molar-refractivity contribution >= 4 is 15.9 Å². The maximum absolute atomic E-state index is 12.9. The van der Waals surface area contributed by atoms with Crippen LogP contribution in [0.2, 0.25) is 0 Å². The fourth-order valence-electron chi connectivity index (χ4n) is 3.21. The molecule has 1 fully saturated rings. The van der Waals surface area contributed by atoms with E-state index in [1.807, 2.05) is 43.3 Å². The number of hydrogen-bond donors (Lipinski definition) is 2. The number of likely N-dealkylation sites (N-methyl/N-ethyl adjacent to an activating group) is 1. The monoisotopic (exact) mass is 431 g/mol. The third-order valence-corrected chi connectivity index (χ3v) is 6.76. The van der Waals surface area contributed by atoms with Gasteiger partial charge in [-0.1, -0.05) is 18.2 Å². The highest BCUT2D eigenvalue weighted by atomic mass is 32.2. The Morgan fingerprint density at radius 3 is 2.40 bits per heavy atom. The Kier molecular flexibility index (Phi) is 6.80. The first-order chi connectivity index (χ1) is 14.2. The van der Waals surface area contributed by atoms with Gasteiger partial charge >= 0.3 is 0 Å². The van der Waals surface area contributed by atoms with Gasteiger partial charge in [-0.2, -0.15) is 0 Å². The van der Waals surface area contributed by atoms with E-state index in [4.69, 9.17) is 4.74 Å². The molecule has 0 spiro atoms. The number of ether oxygens (including phenoxy) is 1. The maximum atomic E-state index is 12.9. The maximum Gasteiger partial charge on any atom is 0.251 e. The van der Waals surface area contributed by atoms with E-state index in [0.717, 1.165) is 29.7 Å². The minimum absolute atomic E-state index is 0.0129. The second-order valence-electron chi connectivity index (χ2n) is 7.83. The molecule has 162 valence electrons. The van der Waals surface area contributed by atoms with Crippen LogP contribution < -0.4 is 14.8 Å². The Bertz CT molecular complexity index is 1000. The van der Waals surface area contributed by atoms with Crippen molar-refractivity contribution in [2.45, 2.75) is 36.7 Å². The standard InChI is InChI=1S/C22H29N3O4S/c1-15-5-12-19(30(27,28)24-17-8-9-17)13-20(15)22(26)23-14-21(25(2)3)16-6-10-18(29-4)11-7-16/h5-7,10-13,17,21,24H,8-9,14H2,1-4H3,(H,23,26). The first-order valence-corrected chi connectivity index (χ1v) is 11.4. The first-order valence-electron chi connectivity index (χ1n) is 9.93. The van der Waals surface area contributed by atoms with Crippen molar-refractivity contribution < 1.29 is 17.9 Å². The molecule has 2 aromatic rings. The van der Waals surface area contributed by atoms with E-state index in [9.17, 15) is 13.2 Å². The second-order valence-corrected chi connectivity index (χ2v) is 9.55. The average Bonchev–Trinajstić information content (AvgIpc) is 3.51. The van der Waals surface area contributed by atoms with Crippen LogP contribution in [0.5, 0.6) is 5.75 Å². The Morgan fingerprint density at radius 2 is 1.83 bits per heavy atom. The Hall–Kier alpha value is -2.42. The summed E-state index contributed by atoms with van der Waals surface area (Å²) in [5.41, 5.74) is 2.13. The number of amides is 1. The zero-order valence-corrected chi connectivity index (χ0v) is 18.6. The summed E-state index contributed by atoms with van der Waals surface area (Å²) in [7, 11) is 1.90. The van der Waals surface area contributed by atoms with Gasteiger partial charge in [0.1, 0.15) is 5.75 Å². The molecule has 0 saturated heterocycles. The van der Waals surface area contributed by atoms with E-state index in [0.29, 0.717) is 12.1 Å². The summed E-state index contributed by atoms with van der Waals surface area (Å²) in [6.45, 7) is 2.18. The molecule has 30 heavy (non-hydrogen) atoms. The van der Waals surface area contributed by atoms with Crippen LogP contribution in [0.15, 0.2) is 47.4 Å². The molecule has 1 aliphatic carbocycles. The van der Waals surface area contributed by atoms with E-state index >= 15 is 0 Å². The lowest BCUT2D eigenvalue weighted by molar-refractivity contribution is 0.0941. The number of methoxy groups -OCH3 is 1. The molecule has 0 bridgehead atoms. The van der Waals surface area contributed by atoms with Crippen LogP contribution in [0.3, 0.4) is 0 Å². The summed E-state index contributed by atoms with van der Waals surface area (Å²) in [5.74, 6) is 0.477. The van der Waals surface area contributed by atoms with Crippen LogP contribution in [-0.4, -0.2) is 53.0 Å². The summed E-state index contributed by atoms with van der Waals surface area (Å²) in [6, 6.07) is 12.4. The van der Waals surface area contributed by atoms with Crippen LogP contribution in [-0.2, 0) is 10.0 Å². The molecule has 2 aromatic carbocycles. The quantitative estimate of drug-likeness (QED) is 0.637. The van der Waals surface area contributed by atoms with Crippen LogP contribution in [0.1, 0.15) is 40.4 Å². The van der Waals surface area contributed by atoms with Crippen molar-refractivity contribution in [3.63, 3.8) is 0 Å². The van der Waals surface area contributed by atoms with E-state index in [1.165, 1.54) is 12.1 Å². The minimum Gasteiger partial charge on any atom is -0.497 e. The van der Waals surface area contributed by atoms with E-state index < -0.39 is 10.0 Å².